The summed E-state index contributed by atoms with van der Waals surface area (Å²) < 4.78 is 12.1. The molecule has 0 spiro atoms. The Labute approximate surface area is 129 Å². The first kappa shape index (κ1) is 14.5. The van der Waals surface area contributed by atoms with E-state index in [-0.39, 0.29) is 11.3 Å². The van der Waals surface area contributed by atoms with Crippen LogP contribution in [0.2, 0.25) is 5.28 Å². The molecule has 1 amide bonds. The van der Waals surface area contributed by atoms with Crippen molar-refractivity contribution < 1.29 is 14.1 Å². The van der Waals surface area contributed by atoms with Gasteiger partial charge in [0.1, 0.15) is 10.7 Å². The Morgan fingerprint density at radius 1 is 1.48 bits per heavy atom. The fourth-order valence-corrected chi connectivity index (χ4v) is 4.23. The summed E-state index contributed by atoms with van der Waals surface area (Å²) in [4.78, 5) is 21.3. The highest BCUT2D eigenvalue weighted by atomic mass is 35.5. The van der Waals surface area contributed by atoms with E-state index in [0.29, 0.717) is 36.0 Å². The first-order valence-corrected chi connectivity index (χ1v) is 8.43. The normalized spacial score (nSPS) is 24.7. The molecule has 9 heteroatoms. The maximum Gasteiger partial charge on any atom is 0.407 e. The second-order valence-corrected chi connectivity index (χ2v) is 6.97. The lowest BCUT2D eigenvalue weighted by Gasteiger charge is -2.31. The predicted molar refractivity (Wildman–Crippen MR) is 78.3 cm³/mol. The summed E-state index contributed by atoms with van der Waals surface area (Å²) in [5.74, 6) is 1.02. The Balaban J connectivity index is 1.82. The van der Waals surface area contributed by atoms with Crippen LogP contribution < -0.4 is 5.32 Å². The monoisotopic (exact) mass is 330 g/mol. The number of fused-ring (bicyclic) bond motifs is 1. The van der Waals surface area contributed by atoms with Crippen molar-refractivity contribution in [2.45, 2.75) is 30.2 Å². The van der Waals surface area contributed by atoms with Gasteiger partial charge in [0.15, 0.2) is 0 Å². The second kappa shape index (κ2) is 5.76. The van der Waals surface area contributed by atoms with Gasteiger partial charge in [-0.2, -0.15) is 4.98 Å². The molecule has 1 saturated heterocycles. The van der Waals surface area contributed by atoms with Crippen LogP contribution in [0.15, 0.2) is 4.90 Å². The zero-order valence-electron chi connectivity index (χ0n) is 11.2. The van der Waals surface area contributed by atoms with Gasteiger partial charge in [-0.3, -0.25) is 4.21 Å². The van der Waals surface area contributed by atoms with Crippen molar-refractivity contribution >= 4 is 34.3 Å². The van der Waals surface area contributed by atoms with Crippen LogP contribution >= 0.6 is 11.6 Å². The molecule has 0 aliphatic carbocycles. The predicted octanol–water partition coefficient (Wildman–Crippen LogP) is 1.35. The number of likely N-dealkylation sites (tertiary alicyclic amines) is 1. The van der Waals surface area contributed by atoms with Crippen molar-refractivity contribution in [2.75, 3.05) is 24.2 Å². The molecule has 2 aliphatic heterocycles. The molecule has 0 aromatic carbocycles. The van der Waals surface area contributed by atoms with Crippen molar-refractivity contribution in [3.05, 3.63) is 11.0 Å². The third-order valence-electron chi connectivity index (χ3n) is 3.69. The van der Waals surface area contributed by atoms with Crippen LogP contribution in [0.3, 0.4) is 0 Å². The summed E-state index contributed by atoms with van der Waals surface area (Å²) in [6.45, 7) is 0.931. The minimum absolute atomic E-state index is 0.0532. The fourth-order valence-electron chi connectivity index (χ4n) is 2.73. The van der Waals surface area contributed by atoms with Gasteiger partial charge in [0, 0.05) is 31.3 Å². The highest BCUT2D eigenvalue weighted by Crippen LogP contribution is 2.30. The summed E-state index contributed by atoms with van der Waals surface area (Å²) in [5.41, 5.74) is 0.724. The molecule has 1 unspecified atom stereocenters. The maximum atomic E-state index is 12.1. The Morgan fingerprint density at radius 2 is 2.29 bits per heavy atom. The third kappa shape index (κ3) is 2.96. The van der Waals surface area contributed by atoms with Gasteiger partial charge in [0.05, 0.1) is 16.5 Å². The van der Waals surface area contributed by atoms with Crippen LogP contribution in [0, 0.1) is 0 Å². The molecule has 0 saturated carbocycles. The van der Waals surface area contributed by atoms with E-state index in [1.807, 2.05) is 0 Å². The zero-order chi connectivity index (χ0) is 15.0. The molecule has 0 bridgehead atoms. The van der Waals surface area contributed by atoms with Gasteiger partial charge >= 0.3 is 6.09 Å². The van der Waals surface area contributed by atoms with Gasteiger partial charge in [-0.15, -0.1) is 0 Å². The number of hydrogen-bond donors (Lipinski definition) is 2. The van der Waals surface area contributed by atoms with Gasteiger partial charge in [-0.05, 0) is 24.4 Å². The van der Waals surface area contributed by atoms with Crippen LogP contribution in [0.1, 0.15) is 18.5 Å². The number of aromatic nitrogens is 2. The summed E-state index contributed by atoms with van der Waals surface area (Å²) in [5, 5.41) is 12.4. The van der Waals surface area contributed by atoms with E-state index >= 15 is 0 Å². The first-order valence-electron chi connectivity index (χ1n) is 6.74. The lowest BCUT2D eigenvalue weighted by Crippen LogP contribution is -2.44. The van der Waals surface area contributed by atoms with Gasteiger partial charge in [0.2, 0.25) is 5.28 Å². The molecule has 1 aromatic heterocycles. The largest absolute Gasteiger partial charge is 0.465 e. The number of carboxylic acid groups (broad SMARTS) is 1. The van der Waals surface area contributed by atoms with Gasteiger partial charge in [0.25, 0.3) is 0 Å². The smallest absolute Gasteiger partial charge is 0.407 e. The standard InChI is InChI=1S/C12H15ClN4O3S/c13-11-15-8-3-5-21(20)9(8)10(16-11)14-7-2-1-4-17(6-7)12(18)19/h7H,1-6H2,(H,18,19)(H,14,15,16)/t7-,21?/m0/s1. The number of carbonyl (C=O) groups is 1. The number of anilines is 1. The fraction of sp³-hybridized carbons (Fsp3) is 0.583. The number of rotatable bonds is 2. The molecule has 2 atom stereocenters. The van der Waals surface area contributed by atoms with Crippen molar-refractivity contribution in [3.8, 4) is 0 Å². The Kier molecular flexibility index (Phi) is 3.99. The number of halogens is 1. The van der Waals surface area contributed by atoms with Gasteiger partial charge in [-0.1, -0.05) is 0 Å². The van der Waals surface area contributed by atoms with Crippen LogP contribution in [0.4, 0.5) is 10.6 Å². The van der Waals surface area contributed by atoms with Crippen molar-refractivity contribution in [2.24, 2.45) is 0 Å². The lowest BCUT2D eigenvalue weighted by atomic mass is 10.1. The summed E-state index contributed by atoms with van der Waals surface area (Å²) >= 11 is 5.91. The molecule has 21 heavy (non-hydrogen) atoms. The molecule has 2 N–H and O–H groups in total. The number of amides is 1. The Bertz CT molecular complexity index is 612. The molecule has 1 aromatic rings. The molecular formula is C12H15ClN4O3S. The highest BCUT2D eigenvalue weighted by Gasteiger charge is 2.29. The number of aryl methyl sites for hydroxylation is 1. The summed E-state index contributed by atoms with van der Waals surface area (Å²) in [6.07, 6.45) is 1.34. The first-order chi connectivity index (χ1) is 10.0. The lowest BCUT2D eigenvalue weighted by molar-refractivity contribution is 0.132. The molecule has 3 heterocycles. The number of piperidine rings is 1. The summed E-state index contributed by atoms with van der Waals surface area (Å²) in [6, 6.07) is -0.0532. The van der Waals surface area contributed by atoms with E-state index in [4.69, 9.17) is 16.7 Å². The summed E-state index contributed by atoms with van der Waals surface area (Å²) in [7, 11) is -1.12. The van der Waals surface area contributed by atoms with E-state index in [1.165, 1.54) is 4.90 Å². The van der Waals surface area contributed by atoms with Crippen LogP contribution in [0.5, 0.6) is 0 Å². The second-order valence-electron chi connectivity index (χ2n) is 5.13. The molecular weight excluding hydrogens is 316 g/mol. The van der Waals surface area contributed by atoms with E-state index in [1.54, 1.807) is 0 Å². The number of nitrogens with one attached hydrogen (secondary N) is 1. The minimum atomic E-state index is -1.12. The minimum Gasteiger partial charge on any atom is -0.465 e. The van der Waals surface area contributed by atoms with Crippen LogP contribution in [0.25, 0.3) is 0 Å². The van der Waals surface area contributed by atoms with Crippen molar-refractivity contribution in [1.82, 2.24) is 14.9 Å². The van der Waals surface area contributed by atoms with Crippen LogP contribution in [-0.4, -0.2) is 55.2 Å². The average molecular weight is 331 g/mol. The van der Waals surface area contributed by atoms with Crippen molar-refractivity contribution in [3.63, 3.8) is 0 Å². The van der Waals surface area contributed by atoms with Gasteiger partial charge in [-0.25, -0.2) is 9.78 Å². The van der Waals surface area contributed by atoms with Crippen molar-refractivity contribution in [1.29, 1.82) is 0 Å². The average Bonchev–Trinajstić information content (AvgIpc) is 2.80. The van der Waals surface area contributed by atoms with E-state index < -0.39 is 16.9 Å². The molecule has 1 fully saturated rings. The topological polar surface area (TPSA) is 95.4 Å². The third-order valence-corrected chi connectivity index (χ3v) is 5.32. The van der Waals surface area contributed by atoms with Gasteiger partial charge < -0.3 is 15.3 Å². The molecule has 114 valence electrons. The maximum absolute atomic E-state index is 12.1. The number of hydrogen-bond acceptors (Lipinski definition) is 5. The number of nitrogens with zero attached hydrogens (tertiary/aromatic N) is 3. The molecule has 3 rings (SSSR count). The molecule has 0 radical (unpaired) electrons. The SMILES string of the molecule is O=C(O)N1CCC[C@H](Nc2nc(Cl)nc3c2S(=O)CC3)C1. The van der Waals surface area contributed by atoms with E-state index in [2.05, 4.69) is 15.3 Å². The molecule has 2 aliphatic rings. The van der Waals surface area contributed by atoms with Crippen LogP contribution in [-0.2, 0) is 17.2 Å². The van der Waals surface area contributed by atoms with E-state index in [0.717, 1.165) is 18.5 Å². The highest BCUT2D eigenvalue weighted by molar-refractivity contribution is 7.85. The Hall–Kier alpha value is -1.41. The Morgan fingerprint density at radius 3 is 3.05 bits per heavy atom. The van der Waals surface area contributed by atoms with E-state index in [9.17, 15) is 9.00 Å². The zero-order valence-corrected chi connectivity index (χ0v) is 12.8. The quantitative estimate of drug-likeness (QED) is 0.795. The molecule has 7 nitrogen and oxygen atoms in total.